The van der Waals surface area contributed by atoms with E-state index in [0.717, 1.165) is 54.1 Å². The zero-order valence-electron chi connectivity index (χ0n) is 20.4. The molecule has 5 nitrogen and oxygen atoms in total. The van der Waals surface area contributed by atoms with E-state index in [-0.39, 0.29) is 12.0 Å². The summed E-state index contributed by atoms with van der Waals surface area (Å²) >= 11 is 0. The molecule has 1 aliphatic carbocycles. The molecular weight excluding hydrogens is 438 g/mol. The van der Waals surface area contributed by atoms with Crippen LogP contribution >= 0.6 is 0 Å². The molecule has 3 aromatic rings. The third-order valence-electron chi connectivity index (χ3n) is 7.46. The molecule has 0 saturated carbocycles. The maximum Gasteiger partial charge on any atom is 0.143 e. The van der Waals surface area contributed by atoms with Crippen molar-refractivity contribution >= 4 is 0 Å². The highest BCUT2D eigenvalue weighted by atomic mass is 16.5. The van der Waals surface area contributed by atoms with Gasteiger partial charge in [-0.05, 0) is 53.8 Å². The summed E-state index contributed by atoms with van der Waals surface area (Å²) in [5.41, 5.74) is 4.72. The summed E-state index contributed by atoms with van der Waals surface area (Å²) in [5, 5.41) is 14.0. The number of benzene rings is 3. The van der Waals surface area contributed by atoms with Crippen LogP contribution in [0.5, 0.6) is 11.5 Å². The van der Waals surface area contributed by atoms with Crippen LogP contribution in [0.15, 0.2) is 90.0 Å². The van der Waals surface area contributed by atoms with Crippen molar-refractivity contribution in [3.8, 4) is 11.5 Å². The van der Waals surface area contributed by atoms with Gasteiger partial charge in [-0.3, -0.25) is 0 Å². The van der Waals surface area contributed by atoms with Crippen molar-refractivity contribution in [2.24, 2.45) is 5.41 Å². The highest BCUT2D eigenvalue weighted by Crippen LogP contribution is 2.47. The summed E-state index contributed by atoms with van der Waals surface area (Å²) in [5.74, 6) is 1.59. The van der Waals surface area contributed by atoms with E-state index in [1.165, 1.54) is 11.1 Å². The van der Waals surface area contributed by atoms with Gasteiger partial charge in [0.05, 0.1) is 27.4 Å². The quantitative estimate of drug-likeness (QED) is 0.350. The molecule has 0 bridgehead atoms. The number of nitrogens with one attached hydrogen (secondary N) is 1. The number of hydrogen-bond acceptors (Lipinski definition) is 5. The van der Waals surface area contributed by atoms with E-state index in [4.69, 9.17) is 14.2 Å². The van der Waals surface area contributed by atoms with Gasteiger partial charge in [-0.2, -0.15) is 0 Å². The molecule has 1 heterocycles. The number of aliphatic hydroxyl groups excluding tert-OH is 1. The summed E-state index contributed by atoms with van der Waals surface area (Å²) in [7, 11) is 3.34. The molecule has 35 heavy (non-hydrogen) atoms. The van der Waals surface area contributed by atoms with Gasteiger partial charge >= 0.3 is 0 Å². The van der Waals surface area contributed by atoms with Gasteiger partial charge < -0.3 is 24.6 Å². The van der Waals surface area contributed by atoms with Gasteiger partial charge in [0.15, 0.2) is 0 Å². The number of ether oxygens (including phenoxy) is 3. The van der Waals surface area contributed by atoms with Crippen molar-refractivity contribution in [1.29, 1.82) is 0 Å². The Morgan fingerprint density at radius 3 is 1.69 bits per heavy atom. The number of methoxy groups -OCH3 is 2. The minimum absolute atomic E-state index is 0.0933. The van der Waals surface area contributed by atoms with E-state index < -0.39 is 5.60 Å². The predicted molar refractivity (Wildman–Crippen MR) is 137 cm³/mol. The van der Waals surface area contributed by atoms with Crippen LogP contribution in [0.25, 0.3) is 0 Å². The fourth-order valence-corrected chi connectivity index (χ4v) is 5.55. The summed E-state index contributed by atoms with van der Waals surface area (Å²) < 4.78 is 18.0. The number of hydrogen-bond donors (Lipinski definition) is 2. The lowest BCUT2D eigenvalue weighted by Gasteiger charge is -2.40. The predicted octanol–water partition coefficient (Wildman–Crippen LogP) is 4.68. The Balaban J connectivity index is 1.61. The summed E-state index contributed by atoms with van der Waals surface area (Å²) in [6, 6.07) is 26.5. The van der Waals surface area contributed by atoms with Crippen LogP contribution in [0.2, 0.25) is 0 Å². The van der Waals surface area contributed by atoms with E-state index >= 15 is 0 Å². The van der Waals surface area contributed by atoms with E-state index in [2.05, 4.69) is 41.7 Å². The second kappa shape index (κ2) is 9.86. The van der Waals surface area contributed by atoms with Gasteiger partial charge in [0, 0.05) is 18.5 Å². The summed E-state index contributed by atoms with van der Waals surface area (Å²) in [4.78, 5) is 0. The maximum atomic E-state index is 10.6. The molecule has 0 fully saturated rings. The van der Waals surface area contributed by atoms with E-state index in [9.17, 15) is 5.11 Å². The molecule has 3 aromatic carbocycles. The van der Waals surface area contributed by atoms with Crippen molar-refractivity contribution in [2.45, 2.75) is 18.4 Å². The van der Waals surface area contributed by atoms with Gasteiger partial charge in [0.2, 0.25) is 0 Å². The third-order valence-corrected chi connectivity index (χ3v) is 7.46. The zero-order chi connectivity index (χ0) is 24.3. The Hall–Kier alpha value is -3.12. The lowest BCUT2D eigenvalue weighted by Crippen LogP contribution is -2.39. The van der Waals surface area contributed by atoms with Crippen LogP contribution in [-0.4, -0.2) is 45.6 Å². The highest BCUT2D eigenvalue weighted by Gasteiger charge is 2.44. The smallest absolute Gasteiger partial charge is 0.143 e. The lowest BCUT2D eigenvalue weighted by atomic mass is 9.79. The molecule has 2 aliphatic rings. The van der Waals surface area contributed by atoms with Crippen molar-refractivity contribution < 1.29 is 19.3 Å². The minimum Gasteiger partial charge on any atom is -0.497 e. The Morgan fingerprint density at radius 2 is 1.23 bits per heavy atom. The zero-order valence-corrected chi connectivity index (χ0v) is 20.4. The average molecular weight is 472 g/mol. The van der Waals surface area contributed by atoms with Crippen LogP contribution in [-0.2, 0) is 10.3 Å². The molecule has 0 atom stereocenters. The second-order valence-electron chi connectivity index (χ2n) is 9.62. The van der Waals surface area contributed by atoms with Crippen molar-refractivity contribution in [3.63, 3.8) is 0 Å². The van der Waals surface area contributed by atoms with E-state index in [1.807, 2.05) is 42.5 Å². The van der Waals surface area contributed by atoms with Gasteiger partial charge in [-0.1, -0.05) is 65.7 Å². The largest absolute Gasteiger partial charge is 0.497 e. The normalized spacial score (nSPS) is 16.9. The van der Waals surface area contributed by atoms with Gasteiger partial charge in [0.1, 0.15) is 17.1 Å². The van der Waals surface area contributed by atoms with Gasteiger partial charge in [-0.15, -0.1) is 0 Å². The van der Waals surface area contributed by atoms with Gasteiger partial charge in [0.25, 0.3) is 0 Å². The highest BCUT2D eigenvalue weighted by molar-refractivity contribution is 5.50. The monoisotopic (exact) mass is 471 g/mol. The van der Waals surface area contributed by atoms with Crippen LogP contribution in [0.1, 0.15) is 29.5 Å². The number of aliphatic hydroxyl groups is 1. The first-order chi connectivity index (χ1) is 17.1. The fraction of sp³-hybridized carbons (Fsp3) is 0.333. The van der Waals surface area contributed by atoms with Crippen LogP contribution in [0.4, 0.5) is 0 Å². The molecule has 0 unspecified atom stereocenters. The Kier molecular flexibility index (Phi) is 6.65. The van der Waals surface area contributed by atoms with Crippen LogP contribution in [0, 0.1) is 5.41 Å². The summed E-state index contributed by atoms with van der Waals surface area (Å²) in [6.45, 7) is 2.36. The average Bonchev–Trinajstić information content (AvgIpc) is 3.50. The molecule has 0 aromatic heterocycles. The molecule has 1 aliphatic heterocycles. The van der Waals surface area contributed by atoms with Crippen LogP contribution < -0.4 is 14.8 Å². The first kappa shape index (κ1) is 23.6. The van der Waals surface area contributed by atoms with E-state index in [1.54, 1.807) is 14.2 Å². The minimum atomic E-state index is -0.868. The van der Waals surface area contributed by atoms with Crippen molar-refractivity contribution in [3.05, 3.63) is 107 Å². The van der Waals surface area contributed by atoms with Crippen molar-refractivity contribution in [1.82, 2.24) is 5.32 Å². The fourth-order valence-electron chi connectivity index (χ4n) is 5.55. The van der Waals surface area contributed by atoms with E-state index in [0.29, 0.717) is 6.61 Å². The molecule has 0 spiro atoms. The molecule has 182 valence electrons. The van der Waals surface area contributed by atoms with Crippen LogP contribution in [0.3, 0.4) is 0 Å². The van der Waals surface area contributed by atoms with Crippen molar-refractivity contribution in [2.75, 3.05) is 40.5 Å². The maximum absolute atomic E-state index is 10.6. The number of rotatable bonds is 9. The molecule has 0 amide bonds. The first-order valence-corrected chi connectivity index (χ1v) is 12.1. The molecule has 5 rings (SSSR count). The molecule has 0 saturated heterocycles. The Morgan fingerprint density at radius 1 is 0.743 bits per heavy atom. The topological polar surface area (TPSA) is 60.0 Å². The molecular formula is C30H33NO4. The standard InChI is InChI=1S/C30H33NO4/c1-33-27-12-8-25(9-13-27)30(24-6-4-3-5-7-24,26-10-14-28(34-2)15-11-26)35-21-29(20-32)16-22-18-31-19-23(22)17-29/h3-15,31-32H,16-21H2,1-2H3. The summed E-state index contributed by atoms with van der Waals surface area (Å²) in [6.07, 6.45) is 1.73. The van der Waals surface area contributed by atoms with Gasteiger partial charge in [-0.25, -0.2) is 0 Å². The third kappa shape index (κ3) is 4.36. The Labute approximate surface area is 207 Å². The second-order valence-corrected chi connectivity index (χ2v) is 9.62. The Bertz CT molecular complexity index is 1110. The SMILES string of the molecule is COc1ccc(C(OCC2(CO)CC3=C(CNC3)C2)(c2ccccc2)c2ccc(OC)cc2)cc1. The lowest BCUT2D eigenvalue weighted by molar-refractivity contribution is -0.0558. The first-order valence-electron chi connectivity index (χ1n) is 12.1. The molecule has 5 heteroatoms. The molecule has 0 radical (unpaired) electrons. The molecule has 2 N–H and O–H groups in total.